The largest absolute Gasteiger partial charge is 0.354 e. The molecule has 1 aromatic carbocycles. The lowest BCUT2D eigenvalue weighted by atomic mass is 10.1. The van der Waals surface area contributed by atoms with E-state index in [0.717, 1.165) is 31.4 Å². The smallest absolute Gasteiger partial charge is 0.338 e. The van der Waals surface area contributed by atoms with Gasteiger partial charge in [-0.05, 0) is 56.9 Å². The maximum atomic E-state index is 12.6. The fourth-order valence-corrected chi connectivity index (χ4v) is 4.62. The van der Waals surface area contributed by atoms with Gasteiger partial charge in [0.1, 0.15) is 5.82 Å². The molecule has 2 fully saturated rings. The number of amides is 3. The predicted octanol–water partition coefficient (Wildman–Crippen LogP) is 1.04. The minimum Gasteiger partial charge on any atom is -0.338 e. The van der Waals surface area contributed by atoms with Crippen LogP contribution in [0.3, 0.4) is 0 Å². The van der Waals surface area contributed by atoms with Gasteiger partial charge >= 0.3 is 11.7 Å². The number of benzene rings is 1. The van der Waals surface area contributed by atoms with Gasteiger partial charge in [0.05, 0.1) is 11.2 Å². The van der Waals surface area contributed by atoms with Gasteiger partial charge in [-0.1, -0.05) is 12.1 Å². The number of nitrogens with one attached hydrogen (secondary N) is 2. The summed E-state index contributed by atoms with van der Waals surface area (Å²) in [5.74, 6) is 0.0362. The Hall–Kier alpha value is -2.99. The highest BCUT2D eigenvalue weighted by Gasteiger charge is 2.31. The van der Waals surface area contributed by atoms with Gasteiger partial charge in [0.25, 0.3) is 0 Å². The average Bonchev–Trinajstić information content (AvgIpc) is 3.27. The molecule has 1 saturated carbocycles. The lowest BCUT2D eigenvalue weighted by Gasteiger charge is -2.37. The van der Waals surface area contributed by atoms with Gasteiger partial charge in [0.15, 0.2) is 0 Å². The Morgan fingerprint density at radius 2 is 1.70 bits per heavy atom. The van der Waals surface area contributed by atoms with Crippen molar-refractivity contribution in [2.24, 2.45) is 11.5 Å². The molecule has 4 rings (SSSR count). The molecule has 37 heavy (non-hydrogen) atoms. The Balaban J connectivity index is 0.00000380. The van der Waals surface area contributed by atoms with Gasteiger partial charge in [0, 0.05) is 51.0 Å². The van der Waals surface area contributed by atoms with Gasteiger partial charge in [-0.3, -0.25) is 14.7 Å². The van der Waals surface area contributed by atoms with Crippen molar-refractivity contribution < 1.29 is 9.59 Å². The highest BCUT2D eigenvalue weighted by atomic mass is 35.5. The summed E-state index contributed by atoms with van der Waals surface area (Å²) in [6.07, 6.45) is 4.77. The number of rotatable bonds is 6. The van der Waals surface area contributed by atoms with Crippen molar-refractivity contribution in [3.63, 3.8) is 0 Å². The maximum absolute atomic E-state index is 12.6. The van der Waals surface area contributed by atoms with Crippen LogP contribution < -0.4 is 27.8 Å². The molecule has 2 heterocycles. The van der Waals surface area contributed by atoms with Crippen LogP contribution in [0.2, 0.25) is 0 Å². The fraction of sp³-hybridized carbons (Fsp3) is 0.520. The molecule has 2 aromatic rings. The van der Waals surface area contributed by atoms with E-state index in [1.165, 1.54) is 4.57 Å². The van der Waals surface area contributed by atoms with Crippen LogP contribution in [-0.4, -0.2) is 75.1 Å². The molecule has 1 aliphatic carbocycles. The standard InChI is InChI=1S/C25H36N8O3.ClH/c1-25(2,27)22(34)31-11-13-32(14-12-31)23(35)29-21-9-10-33(24(36)30-21)20-7-3-17(4-8-20)16-28-19-6-5-18(26)15-19;/h3-4,7-10,18-19,28H,5-6,11-16,26-27H2,1-2H3,(H,29,30,35,36);1H/t18-,19-;/m0./s1. The zero-order chi connectivity index (χ0) is 25.9. The summed E-state index contributed by atoms with van der Waals surface area (Å²) in [5.41, 5.74) is 12.3. The van der Waals surface area contributed by atoms with Gasteiger partial charge in [-0.25, -0.2) is 9.59 Å². The van der Waals surface area contributed by atoms with E-state index in [-0.39, 0.29) is 30.2 Å². The lowest BCUT2D eigenvalue weighted by molar-refractivity contribution is -0.137. The third-order valence-corrected chi connectivity index (χ3v) is 6.73. The summed E-state index contributed by atoms with van der Waals surface area (Å²) in [7, 11) is 0. The van der Waals surface area contributed by atoms with Crippen molar-refractivity contribution in [3.8, 4) is 5.69 Å². The molecule has 0 radical (unpaired) electrons. The second-order valence-corrected chi connectivity index (χ2v) is 10.2. The van der Waals surface area contributed by atoms with Gasteiger partial charge in [-0.15, -0.1) is 12.4 Å². The van der Waals surface area contributed by atoms with E-state index in [9.17, 15) is 14.4 Å². The zero-order valence-electron chi connectivity index (χ0n) is 21.4. The molecule has 202 valence electrons. The highest BCUT2D eigenvalue weighted by Crippen LogP contribution is 2.18. The first kappa shape index (κ1) is 28.6. The van der Waals surface area contributed by atoms with Gasteiger partial charge in [-0.2, -0.15) is 4.98 Å². The molecular weight excluding hydrogens is 496 g/mol. The van der Waals surface area contributed by atoms with Crippen molar-refractivity contribution in [2.45, 2.75) is 57.3 Å². The Morgan fingerprint density at radius 1 is 1.05 bits per heavy atom. The summed E-state index contributed by atoms with van der Waals surface area (Å²) >= 11 is 0. The van der Waals surface area contributed by atoms with Crippen molar-refractivity contribution in [1.29, 1.82) is 0 Å². The molecule has 11 nitrogen and oxygen atoms in total. The van der Waals surface area contributed by atoms with E-state index in [0.29, 0.717) is 44.0 Å². The second kappa shape index (κ2) is 12.0. The molecule has 12 heteroatoms. The van der Waals surface area contributed by atoms with Crippen LogP contribution >= 0.6 is 12.4 Å². The van der Waals surface area contributed by atoms with Gasteiger partial charge < -0.3 is 26.6 Å². The number of aromatic nitrogens is 2. The molecule has 0 unspecified atom stereocenters. The van der Waals surface area contributed by atoms with Crippen LogP contribution in [0.15, 0.2) is 41.3 Å². The summed E-state index contributed by atoms with van der Waals surface area (Å²) in [6.45, 7) is 5.65. The molecule has 1 aromatic heterocycles. The van der Waals surface area contributed by atoms with E-state index < -0.39 is 11.2 Å². The van der Waals surface area contributed by atoms with Crippen LogP contribution in [-0.2, 0) is 11.3 Å². The molecule has 2 aliphatic rings. The van der Waals surface area contributed by atoms with E-state index in [2.05, 4.69) is 15.6 Å². The van der Waals surface area contributed by atoms with Crippen LogP contribution in [0.5, 0.6) is 0 Å². The Kier molecular flexibility index (Phi) is 9.30. The van der Waals surface area contributed by atoms with Crippen LogP contribution in [0.4, 0.5) is 10.6 Å². The quantitative estimate of drug-likeness (QED) is 0.433. The van der Waals surface area contributed by atoms with Crippen molar-refractivity contribution in [3.05, 3.63) is 52.6 Å². The predicted molar refractivity (Wildman–Crippen MR) is 145 cm³/mol. The lowest BCUT2D eigenvalue weighted by Crippen LogP contribution is -2.58. The van der Waals surface area contributed by atoms with Crippen molar-refractivity contribution >= 4 is 30.2 Å². The fourth-order valence-electron chi connectivity index (χ4n) is 4.62. The summed E-state index contributed by atoms with van der Waals surface area (Å²) in [5, 5.41) is 6.21. The Morgan fingerprint density at radius 3 is 2.27 bits per heavy atom. The average molecular weight is 533 g/mol. The molecule has 3 amide bonds. The third-order valence-electron chi connectivity index (χ3n) is 6.73. The highest BCUT2D eigenvalue weighted by molar-refractivity contribution is 5.89. The summed E-state index contributed by atoms with van der Waals surface area (Å²) < 4.78 is 1.43. The number of nitrogens with zero attached hydrogens (tertiary/aromatic N) is 4. The number of piperazine rings is 1. The molecule has 0 spiro atoms. The third kappa shape index (κ3) is 7.29. The number of hydrogen-bond acceptors (Lipinski definition) is 7. The number of carbonyl (C=O) groups is 2. The SMILES string of the molecule is CC(C)(N)C(=O)N1CCN(C(=O)Nc2ccn(-c3ccc(CN[C@H]4CC[C@H](N)C4)cc3)c(=O)n2)CC1.Cl. The van der Waals surface area contributed by atoms with E-state index in [1.807, 2.05) is 24.3 Å². The number of nitrogens with two attached hydrogens (primary N) is 2. The minimum atomic E-state index is -0.945. The second-order valence-electron chi connectivity index (χ2n) is 10.2. The Labute approximate surface area is 223 Å². The molecule has 1 saturated heterocycles. The van der Waals surface area contributed by atoms with Crippen LogP contribution in [0.25, 0.3) is 5.69 Å². The molecule has 2 atom stereocenters. The van der Waals surface area contributed by atoms with E-state index >= 15 is 0 Å². The number of carbonyl (C=O) groups excluding carboxylic acids is 2. The molecule has 0 bridgehead atoms. The number of hydrogen-bond donors (Lipinski definition) is 4. The zero-order valence-corrected chi connectivity index (χ0v) is 22.2. The van der Waals surface area contributed by atoms with Crippen molar-refractivity contribution in [1.82, 2.24) is 24.7 Å². The first-order chi connectivity index (χ1) is 17.1. The number of halogens is 1. The summed E-state index contributed by atoms with van der Waals surface area (Å²) in [6, 6.07) is 9.70. The molecule has 1 aliphatic heterocycles. The maximum Gasteiger partial charge on any atom is 0.354 e. The molecular formula is C25H37ClN8O3. The van der Waals surface area contributed by atoms with E-state index in [1.54, 1.807) is 35.9 Å². The number of anilines is 1. The monoisotopic (exact) mass is 532 g/mol. The summed E-state index contributed by atoms with van der Waals surface area (Å²) in [4.78, 5) is 44.9. The number of urea groups is 1. The normalized spacial score (nSPS) is 19.9. The topological polar surface area (TPSA) is 152 Å². The van der Waals surface area contributed by atoms with Crippen LogP contribution in [0.1, 0.15) is 38.7 Å². The first-order valence-electron chi connectivity index (χ1n) is 12.4. The van der Waals surface area contributed by atoms with Gasteiger partial charge in [0.2, 0.25) is 5.91 Å². The minimum absolute atomic E-state index is 0. The van der Waals surface area contributed by atoms with Crippen LogP contribution in [0, 0.1) is 0 Å². The molecule has 6 N–H and O–H groups in total. The van der Waals surface area contributed by atoms with Crippen molar-refractivity contribution in [2.75, 3.05) is 31.5 Å². The first-order valence-corrected chi connectivity index (χ1v) is 12.4. The Bertz CT molecular complexity index is 1140. The van der Waals surface area contributed by atoms with E-state index in [4.69, 9.17) is 11.5 Å².